The van der Waals surface area contributed by atoms with Gasteiger partial charge < -0.3 is 4.90 Å². The van der Waals surface area contributed by atoms with E-state index in [0.717, 1.165) is 31.5 Å². The molecular weight excluding hydrogens is 697 g/mol. The summed E-state index contributed by atoms with van der Waals surface area (Å²) in [4.78, 5) is 3.99. The van der Waals surface area contributed by atoms with Crippen molar-refractivity contribution in [2.75, 3.05) is 19.3 Å². The molecule has 1 aromatic rings. The third-order valence-electron chi connectivity index (χ3n) is 11.7. The molecule has 0 unspecified atom stereocenters. The van der Waals surface area contributed by atoms with Crippen LogP contribution in [0.4, 0.5) is 5.69 Å². The molecule has 0 spiro atoms. The van der Waals surface area contributed by atoms with E-state index >= 15 is 0 Å². The maximum Gasteiger partial charge on any atom is 0.218 e. The average molecular weight is 782 g/mol. The van der Waals surface area contributed by atoms with Gasteiger partial charge in [-0.2, -0.15) is 4.58 Å². The molecule has 0 atom stereocenters. The van der Waals surface area contributed by atoms with Crippen LogP contribution in [0.2, 0.25) is 0 Å². The Bertz CT molecular complexity index is 1540. The number of benzene rings is 1. The van der Waals surface area contributed by atoms with Crippen LogP contribution in [-0.2, 0) is 0 Å². The predicted molar refractivity (Wildman–Crippen MR) is 255 cm³/mol. The second-order valence-corrected chi connectivity index (χ2v) is 17.2. The molecule has 1 heterocycles. The van der Waals surface area contributed by atoms with Crippen LogP contribution in [0.3, 0.4) is 0 Å². The van der Waals surface area contributed by atoms with Crippen molar-refractivity contribution in [3.05, 3.63) is 107 Å². The first kappa shape index (κ1) is 49.4. The average Bonchev–Trinajstić information content (AvgIpc) is 3.41. The SMILES string of the molecule is C=C(C)/C=C\C1=C(CC)C(C)(C)/C(=C\C2=C(CC)C(=C/C=[N+](CCCCCCCCCC)c3ccccc3SC)/C2=C)N1CCCCCCCCCCC.CC. The van der Waals surface area contributed by atoms with Crippen molar-refractivity contribution in [1.82, 2.24) is 4.90 Å². The Morgan fingerprint density at radius 3 is 1.88 bits per heavy atom. The van der Waals surface area contributed by atoms with Gasteiger partial charge in [0.05, 0.1) is 4.90 Å². The first-order valence-electron chi connectivity index (χ1n) is 23.1. The molecule has 0 radical (unpaired) electrons. The van der Waals surface area contributed by atoms with Gasteiger partial charge in [-0.25, -0.2) is 0 Å². The van der Waals surface area contributed by atoms with Gasteiger partial charge in [0.25, 0.3) is 0 Å². The molecule has 312 valence electrons. The number of para-hydroxylation sites is 1. The number of rotatable bonds is 27. The Balaban J connectivity index is 0.00000532. The zero-order chi connectivity index (χ0) is 41.3. The Labute approximate surface area is 352 Å². The lowest BCUT2D eigenvalue weighted by Gasteiger charge is -2.33. The number of hydrogen-bond acceptors (Lipinski definition) is 2. The zero-order valence-corrected chi connectivity index (χ0v) is 39.1. The maximum absolute atomic E-state index is 4.71. The molecule has 0 amide bonds. The van der Waals surface area contributed by atoms with Gasteiger partial charge in [0, 0.05) is 41.9 Å². The van der Waals surface area contributed by atoms with Crippen molar-refractivity contribution in [2.24, 2.45) is 5.41 Å². The maximum atomic E-state index is 4.71. The third-order valence-corrected chi connectivity index (χ3v) is 12.4. The fourth-order valence-corrected chi connectivity index (χ4v) is 9.04. The fourth-order valence-electron chi connectivity index (χ4n) is 8.43. The van der Waals surface area contributed by atoms with E-state index in [4.69, 9.17) is 6.58 Å². The molecule has 0 N–H and O–H groups in total. The highest BCUT2D eigenvalue weighted by molar-refractivity contribution is 7.98. The first-order chi connectivity index (χ1) is 27.2. The number of unbranched alkanes of at least 4 members (excludes halogenated alkanes) is 15. The molecule has 3 heteroatoms. The number of allylic oxidation sites excluding steroid dienone is 10. The van der Waals surface area contributed by atoms with Gasteiger partial charge >= 0.3 is 0 Å². The molecule has 1 aliphatic carbocycles. The summed E-state index contributed by atoms with van der Waals surface area (Å²) in [7, 11) is 0. The highest BCUT2D eigenvalue weighted by atomic mass is 32.2. The molecule has 2 nitrogen and oxygen atoms in total. The van der Waals surface area contributed by atoms with Crippen molar-refractivity contribution in [2.45, 2.75) is 189 Å². The second kappa shape index (κ2) is 27.8. The van der Waals surface area contributed by atoms with E-state index < -0.39 is 0 Å². The first-order valence-corrected chi connectivity index (χ1v) is 24.3. The normalized spacial score (nSPS) is 17.1. The summed E-state index contributed by atoms with van der Waals surface area (Å²) in [6.45, 7) is 31.2. The Kier molecular flexibility index (Phi) is 24.5. The molecule has 1 aliphatic heterocycles. The number of hydrogen-bond donors (Lipinski definition) is 0. The standard InChI is InChI=1S/C51H79N2S.C2H6/c1-11-15-17-19-21-23-25-27-31-38-53-47(35-34-41(5)6)46(14-4)51(8,9)50(53)40-45-42(7)44(43(45)13-3)36-39-52(48-32-28-29-33-49(48)54-10)37-30-26-24-22-20-18-16-12-2;1-2/h28-29,32-36,39-40H,5,7,11-27,30-31,37-38H2,1-4,6,8-10H3;1-2H3/q+1;/b35-34-;. The van der Waals surface area contributed by atoms with Crippen molar-refractivity contribution in [3.63, 3.8) is 0 Å². The monoisotopic (exact) mass is 782 g/mol. The van der Waals surface area contributed by atoms with E-state index in [1.165, 1.54) is 159 Å². The van der Waals surface area contributed by atoms with Crippen LogP contribution in [-0.4, -0.2) is 35.0 Å². The molecule has 0 saturated carbocycles. The van der Waals surface area contributed by atoms with Crippen LogP contribution in [0, 0.1) is 5.41 Å². The highest BCUT2D eigenvalue weighted by Crippen LogP contribution is 2.51. The lowest BCUT2D eigenvalue weighted by Crippen LogP contribution is -2.26. The van der Waals surface area contributed by atoms with E-state index in [2.05, 4.69) is 126 Å². The van der Waals surface area contributed by atoms with Crippen molar-refractivity contribution in [3.8, 4) is 0 Å². The summed E-state index contributed by atoms with van der Waals surface area (Å²) < 4.78 is 2.50. The summed E-state index contributed by atoms with van der Waals surface area (Å²) in [6, 6.07) is 8.89. The van der Waals surface area contributed by atoms with Crippen LogP contribution in [0.15, 0.2) is 111 Å². The van der Waals surface area contributed by atoms with E-state index in [-0.39, 0.29) is 5.41 Å². The molecule has 0 aromatic heterocycles. The minimum absolute atomic E-state index is 0.0468. The number of thioether (sulfide) groups is 1. The second-order valence-electron chi connectivity index (χ2n) is 16.3. The molecular formula is C53H85N2S+. The Hall–Kier alpha value is -2.78. The van der Waals surface area contributed by atoms with E-state index in [1.807, 2.05) is 25.6 Å². The lowest BCUT2D eigenvalue weighted by molar-refractivity contribution is -0.438. The topological polar surface area (TPSA) is 6.25 Å². The number of nitrogens with zero attached hydrogens (tertiary/aromatic N) is 2. The summed E-state index contributed by atoms with van der Waals surface area (Å²) in [5.74, 6) is 0. The van der Waals surface area contributed by atoms with Crippen LogP contribution in [0.25, 0.3) is 0 Å². The molecule has 3 rings (SSSR count). The summed E-state index contributed by atoms with van der Waals surface area (Å²) >= 11 is 1.84. The third kappa shape index (κ3) is 14.9. The van der Waals surface area contributed by atoms with Crippen LogP contribution >= 0.6 is 11.8 Å². The van der Waals surface area contributed by atoms with Gasteiger partial charge in [-0.1, -0.05) is 182 Å². The zero-order valence-electron chi connectivity index (χ0n) is 38.3. The van der Waals surface area contributed by atoms with E-state index in [0.29, 0.717) is 0 Å². The lowest BCUT2D eigenvalue weighted by atomic mass is 9.74. The van der Waals surface area contributed by atoms with E-state index in [9.17, 15) is 0 Å². The smallest absolute Gasteiger partial charge is 0.218 e. The van der Waals surface area contributed by atoms with Crippen molar-refractivity contribution in [1.29, 1.82) is 0 Å². The molecule has 56 heavy (non-hydrogen) atoms. The predicted octanol–water partition coefficient (Wildman–Crippen LogP) is 17.0. The van der Waals surface area contributed by atoms with Gasteiger partial charge in [0.2, 0.25) is 5.69 Å². The quantitative estimate of drug-likeness (QED) is 0.0288. The molecule has 1 aromatic carbocycles. The van der Waals surface area contributed by atoms with Crippen molar-refractivity contribution >= 4 is 23.7 Å². The van der Waals surface area contributed by atoms with Crippen LogP contribution in [0.1, 0.15) is 184 Å². The van der Waals surface area contributed by atoms with Gasteiger partial charge in [-0.15, -0.1) is 11.8 Å². The molecule has 0 bridgehead atoms. The van der Waals surface area contributed by atoms with Gasteiger partial charge in [0.15, 0.2) is 6.21 Å². The van der Waals surface area contributed by atoms with Crippen LogP contribution in [0.5, 0.6) is 0 Å². The minimum Gasteiger partial charge on any atom is -0.344 e. The van der Waals surface area contributed by atoms with E-state index in [1.54, 1.807) is 0 Å². The summed E-state index contributed by atoms with van der Waals surface area (Å²) in [5.41, 5.74) is 12.0. The minimum atomic E-state index is -0.0468. The Morgan fingerprint density at radius 2 is 1.34 bits per heavy atom. The van der Waals surface area contributed by atoms with Gasteiger partial charge in [0.1, 0.15) is 6.54 Å². The Morgan fingerprint density at radius 1 is 0.786 bits per heavy atom. The molecule has 0 fully saturated rings. The van der Waals surface area contributed by atoms with Gasteiger partial charge in [-0.05, 0) is 84.9 Å². The van der Waals surface area contributed by atoms with Crippen molar-refractivity contribution < 1.29 is 4.58 Å². The molecule has 0 saturated heterocycles. The largest absolute Gasteiger partial charge is 0.344 e. The van der Waals surface area contributed by atoms with Crippen LogP contribution < -0.4 is 0 Å². The summed E-state index contributed by atoms with van der Waals surface area (Å²) in [6.07, 6.45) is 38.8. The fraction of sp³-hybridized carbons (Fsp3) is 0.604. The molecule has 2 aliphatic rings. The summed E-state index contributed by atoms with van der Waals surface area (Å²) in [5, 5.41) is 0. The highest BCUT2D eigenvalue weighted by Gasteiger charge is 2.41. The van der Waals surface area contributed by atoms with Gasteiger partial charge in [-0.3, -0.25) is 0 Å².